The highest BCUT2D eigenvalue weighted by atomic mass is 32.2. The number of ether oxygens (including phenoxy) is 2. The van der Waals surface area contributed by atoms with Gasteiger partial charge < -0.3 is 19.4 Å². The third-order valence-electron chi connectivity index (χ3n) is 5.02. The van der Waals surface area contributed by atoms with Crippen molar-refractivity contribution in [2.45, 2.75) is 45.9 Å². The Bertz CT molecular complexity index is 1140. The van der Waals surface area contributed by atoms with Crippen molar-refractivity contribution in [3.8, 4) is 5.75 Å². The van der Waals surface area contributed by atoms with Gasteiger partial charge in [-0.2, -0.15) is 0 Å². The lowest BCUT2D eigenvalue weighted by atomic mass is 10.1. The highest BCUT2D eigenvalue weighted by Gasteiger charge is 2.23. The molecule has 10 heteroatoms. The van der Waals surface area contributed by atoms with Crippen LogP contribution in [0.25, 0.3) is 0 Å². The van der Waals surface area contributed by atoms with Gasteiger partial charge in [0.2, 0.25) is 5.91 Å². The lowest BCUT2D eigenvalue weighted by molar-refractivity contribution is -0.113. The molecular weight excluding hydrogens is 460 g/mol. The number of esters is 1. The predicted octanol–water partition coefficient (Wildman–Crippen LogP) is 4.85. The van der Waals surface area contributed by atoms with E-state index in [1.807, 2.05) is 63.6 Å². The number of anilines is 1. The second-order valence-electron chi connectivity index (χ2n) is 7.52. The first-order valence-corrected chi connectivity index (χ1v) is 12.3. The smallest absolute Gasteiger partial charge is 0.341 e. The fourth-order valence-corrected chi connectivity index (χ4v) is 4.92. The van der Waals surface area contributed by atoms with Gasteiger partial charge in [-0.15, -0.1) is 21.5 Å². The summed E-state index contributed by atoms with van der Waals surface area (Å²) >= 11 is 2.63. The largest absolute Gasteiger partial charge is 0.483 e. The monoisotopic (exact) mass is 488 g/mol. The lowest BCUT2D eigenvalue weighted by Crippen LogP contribution is -2.17. The zero-order chi connectivity index (χ0) is 24.1. The summed E-state index contributed by atoms with van der Waals surface area (Å²) < 4.78 is 12.9. The predicted molar refractivity (Wildman–Crippen MR) is 130 cm³/mol. The highest BCUT2D eigenvalue weighted by molar-refractivity contribution is 7.99. The van der Waals surface area contributed by atoms with Gasteiger partial charge in [0.1, 0.15) is 10.8 Å². The minimum absolute atomic E-state index is 0.122. The van der Waals surface area contributed by atoms with E-state index in [4.69, 9.17) is 9.47 Å². The van der Waals surface area contributed by atoms with Gasteiger partial charge in [0.05, 0.1) is 17.9 Å². The number of nitrogens with one attached hydrogen (secondary N) is 1. The second kappa shape index (κ2) is 10.8. The van der Waals surface area contributed by atoms with Crippen molar-refractivity contribution in [1.82, 2.24) is 14.8 Å². The molecule has 33 heavy (non-hydrogen) atoms. The zero-order valence-corrected chi connectivity index (χ0v) is 21.2. The average molecular weight is 489 g/mol. The molecule has 8 nitrogen and oxygen atoms in total. The number of aromatic nitrogens is 3. The highest BCUT2D eigenvalue weighted by Crippen LogP contribution is 2.33. The van der Waals surface area contributed by atoms with Crippen molar-refractivity contribution in [2.24, 2.45) is 7.05 Å². The molecule has 2 heterocycles. The molecule has 0 saturated carbocycles. The van der Waals surface area contributed by atoms with Gasteiger partial charge in [-0.3, -0.25) is 4.79 Å². The minimum Gasteiger partial charge on any atom is -0.483 e. The van der Waals surface area contributed by atoms with Crippen LogP contribution in [0.1, 0.15) is 52.1 Å². The Labute approximate surface area is 201 Å². The van der Waals surface area contributed by atoms with E-state index in [1.54, 1.807) is 6.92 Å². The van der Waals surface area contributed by atoms with E-state index in [0.717, 1.165) is 21.8 Å². The molecule has 0 bridgehead atoms. The minimum atomic E-state index is -0.428. The van der Waals surface area contributed by atoms with Crippen molar-refractivity contribution in [1.29, 1.82) is 0 Å². The van der Waals surface area contributed by atoms with Crippen LogP contribution in [-0.4, -0.2) is 39.0 Å². The van der Waals surface area contributed by atoms with Crippen LogP contribution in [-0.2, 0) is 16.6 Å². The number of aryl methyl sites for hydroxylation is 2. The number of carbonyl (C=O) groups excluding carboxylic acids is 2. The number of amides is 1. The normalized spacial score (nSPS) is 11.8. The van der Waals surface area contributed by atoms with Crippen LogP contribution < -0.4 is 10.1 Å². The molecule has 0 spiro atoms. The van der Waals surface area contributed by atoms with Crippen molar-refractivity contribution in [3.63, 3.8) is 0 Å². The maximum absolute atomic E-state index is 12.6. The molecule has 0 aliphatic heterocycles. The van der Waals surface area contributed by atoms with Crippen molar-refractivity contribution in [2.75, 3.05) is 17.7 Å². The first kappa shape index (κ1) is 24.8. The van der Waals surface area contributed by atoms with Crippen LogP contribution in [0.5, 0.6) is 5.75 Å². The number of benzene rings is 1. The van der Waals surface area contributed by atoms with E-state index in [-0.39, 0.29) is 24.4 Å². The van der Waals surface area contributed by atoms with Crippen molar-refractivity contribution >= 4 is 40.0 Å². The van der Waals surface area contributed by atoms with E-state index in [1.165, 1.54) is 23.1 Å². The summed E-state index contributed by atoms with van der Waals surface area (Å²) in [4.78, 5) is 25.9. The number of hydrogen-bond donors (Lipinski definition) is 1. The molecule has 0 aliphatic carbocycles. The van der Waals surface area contributed by atoms with E-state index in [0.29, 0.717) is 21.5 Å². The lowest BCUT2D eigenvalue weighted by Gasteiger charge is -2.14. The fourth-order valence-electron chi connectivity index (χ4n) is 3.14. The number of rotatable bonds is 9. The van der Waals surface area contributed by atoms with Crippen LogP contribution >= 0.6 is 23.1 Å². The van der Waals surface area contributed by atoms with Crippen LogP contribution in [0.15, 0.2) is 29.4 Å². The van der Waals surface area contributed by atoms with Gasteiger partial charge in [0.15, 0.2) is 17.1 Å². The molecule has 2 aromatic heterocycles. The Morgan fingerprint density at radius 3 is 2.55 bits per heavy atom. The first-order chi connectivity index (χ1) is 15.7. The summed E-state index contributed by atoms with van der Waals surface area (Å²) in [5, 5.41) is 12.4. The van der Waals surface area contributed by atoms with Gasteiger partial charge in [-0.1, -0.05) is 29.5 Å². The van der Waals surface area contributed by atoms with Crippen LogP contribution in [0.3, 0.4) is 0 Å². The topological polar surface area (TPSA) is 95.3 Å². The summed E-state index contributed by atoms with van der Waals surface area (Å²) in [5.74, 6) is 0.872. The van der Waals surface area contributed by atoms with Gasteiger partial charge in [0.25, 0.3) is 0 Å². The molecule has 176 valence electrons. The molecule has 0 aliphatic rings. The van der Waals surface area contributed by atoms with E-state index in [9.17, 15) is 9.59 Å². The number of carbonyl (C=O) groups is 2. The van der Waals surface area contributed by atoms with Gasteiger partial charge in [0, 0.05) is 11.9 Å². The van der Waals surface area contributed by atoms with E-state index in [2.05, 4.69) is 15.5 Å². The standard InChI is InChI=1S/C23H28N4O4S2/c1-7-30-22(29)19-14(3)16(5)33-21(19)24-18(28)12-32-23-26-25-20(27(23)6)15(4)31-17-10-8-13(2)9-11-17/h8-11,15H,7,12H2,1-6H3,(H,24,28). The Morgan fingerprint density at radius 2 is 1.88 bits per heavy atom. The fraction of sp³-hybridized carbons (Fsp3) is 0.391. The van der Waals surface area contributed by atoms with E-state index >= 15 is 0 Å². The molecule has 1 aromatic carbocycles. The van der Waals surface area contributed by atoms with Gasteiger partial charge >= 0.3 is 5.97 Å². The Hall–Kier alpha value is -2.85. The summed E-state index contributed by atoms with van der Waals surface area (Å²) in [7, 11) is 1.84. The summed E-state index contributed by atoms with van der Waals surface area (Å²) in [5.41, 5.74) is 2.40. The number of nitrogens with zero attached hydrogens (tertiary/aromatic N) is 3. The summed E-state index contributed by atoms with van der Waals surface area (Å²) in [6.07, 6.45) is -0.308. The zero-order valence-electron chi connectivity index (χ0n) is 19.6. The molecule has 3 aromatic rings. The number of thiophene rings is 1. The van der Waals surface area contributed by atoms with Gasteiger partial charge in [-0.05, 0) is 52.3 Å². The molecule has 0 saturated heterocycles. The van der Waals surface area contributed by atoms with Gasteiger partial charge in [-0.25, -0.2) is 4.79 Å². The first-order valence-electron chi connectivity index (χ1n) is 10.5. The molecule has 0 fully saturated rings. The molecule has 0 radical (unpaired) electrons. The number of thioether (sulfide) groups is 1. The maximum atomic E-state index is 12.6. The van der Waals surface area contributed by atoms with E-state index < -0.39 is 5.97 Å². The third-order valence-corrected chi connectivity index (χ3v) is 7.16. The molecule has 3 rings (SSSR count). The number of hydrogen-bond acceptors (Lipinski definition) is 8. The van der Waals surface area contributed by atoms with Crippen LogP contribution in [0, 0.1) is 20.8 Å². The SMILES string of the molecule is CCOC(=O)c1c(NC(=O)CSc2nnc(C(C)Oc3ccc(C)cc3)n2C)sc(C)c1C. The molecular formula is C23H28N4O4S2. The molecule has 1 unspecified atom stereocenters. The van der Waals surface area contributed by atoms with Crippen molar-refractivity contribution in [3.05, 3.63) is 51.7 Å². The van der Waals surface area contributed by atoms with Crippen LogP contribution in [0.2, 0.25) is 0 Å². The quantitative estimate of drug-likeness (QED) is 0.340. The van der Waals surface area contributed by atoms with Crippen molar-refractivity contribution < 1.29 is 19.1 Å². The third kappa shape index (κ3) is 5.94. The average Bonchev–Trinajstić information content (AvgIpc) is 3.27. The maximum Gasteiger partial charge on any atom is 0.341 e. The Balaban J connectivity index is 1.62. The van der Waals surface area contributed by atoms with Crippen LogP contribution in [0.4, 0.5) is 5.00 Å². The Morgan fingerprint density at radius 1 is 1.18 bits per heavy atom. The Kier molecular flexibility index (Phi) is 8.15. The molecule has 1 atom stereocenters. The second-order valence-corrected chi connectivity index (χ2v) is 9.68. The summed E-state index contributed by atoms with van der Waals surface area (Å²) in [6, 6.07) is 7.81. The molecule has 1 amide bonds. The summed E-state index contributed by atoms with van der Waals surface area (Å²) in [6.45, 7) is 9.72. The molecule has 1 N–H and O–H groups in total.